The van der Waals surface area contributed by atoms with Crippen LogP contribution < -0.4 is 11.1 Å². The molecule has 2 aromatic rings. The number of hydrogen-bond acceptors (Lipinski definition) is 4. The molecule has 0 atom stereocenters. The van der Waals surface area contributed by atoms with Gasteiger partial charge in [-0.1, -0.05) is 6.07 Å². The maximum absolute atomic E-state index is 12.2. The van der Waals surface area contributed by atoms with Crippen LogP contribution in [-0.2, 0) is 9.05 Å². The fraction of sp³-hybridized carbons (Fsp3) is 0.0714. The number of hydrogen-bond donors (Lipinski definition) is 2. The Balaban J connectivity index is 2.29. The summed E-state index contributed by atoms with van der Waals surface area (Å²) < 4.78 is 22.6. The van der Waals surface area contributed by atoms with Gasteiger partial charge in [0.1, 0.15) is 0 Å². The van der Waals surface area contributed by atoms with E-state index in [4.69, 9.17) is 16.4 Å². The number of anilines is 2. The van der Waals surface area contributed by atoms with Crippen LogP contribution in [0.4, 0.5) is 11.4 Å². The number of halogens is 1. The Morgan fingerprint density at radius 1 is 1.19 bits per heavy atom. The van der Waals surface area contributed by atoms with Crippen molar-refractivity contribution in [1.29, 1.82) is 0 Å². The van der Waals surface area contributed by atoms with Gasteiger partial charge in [0.15, 0.2) is 0 Å². The predicted octanol–water partition coefficient (Wildman–Crippen LogP) is 2.76. The summed E-state index contributed by atoms with van der Waals surface area (Å²) in [6, 6.07) is 10.6. The van der Waals surface area contributed by atoms with Gasteiger partial charge in [-0.3, -0.25) is 4.79 Å². The van der Waals surface area contributed by atoms with Crippen LogP contribution in [-0.4, -0.2) is 14.3 Å². The van der Waals surface area contributed by atoms with Crippen molar-refractivity contribution >= 4 is 37.0 Å². The van der Waals surface area contributed by atoms with Gasteiger partial charge in [-0.25, -0.2) is 8.42 Å². The summed E-state index contributed by atoms with van der Waals surface area (Å²) in [5, 5.41) is 2.70. The van der Waals surface area contributed by atoms with E-state index in [0.717, 1.165) is 5.56 Å². The second kappa shape index (κ2) is 5.75. The molecule has 0 aromatic heterocycles. The molecule has 0 saturated carbocycles. The normalized spacial score (nSPS) is 11.1. The summed E-state index contributed by atoms with van der Waals surface area (Å²) in [7, 11) is 1.39. The lowest BCUT2D eigenvalue weighted by atomic mass is 10.1. The minimum Gasteiger partial charge on any atom is -0.399 e. The number of carbonyl (C=O) groups is 1. The first-order valence-corrected chi connectivity index (χ1v) is 8.30. The van der Waals surface area contributed by atoms with Gasteiger partial charge in [0.05, 0.1) is 4.90 Å². The molecule has 0 spiro atoms. The molecule has 0 heterocycles. The molecule has 0 unspecified atom stereocenters. The number of carbonyl (C=O) groups excluding carboxylic acids is 1. The molecule has 3 N–H and O–H groups in total. The summed E-state index contributed by atoms with van der Waals surface area (Å²) in [5.74, 6) is -0.426. The monoisotopic (exact) mass is 324 g/mol. The number of nitrogens with one attached hydrogen (secondary N) is 1. The number of nitrogens with two attached hydrogens (primary N) is 1. The highest BCUT2D eigenvalue weighted by Gasteiger charge is 2.14. The van der Waals surface area contributed by atoms with Crippen molar-refractivity contribution in [3.8, 4) is 0 Å². The summed E-state index contributed by atoms with van der Waals surface area (Å²) in [6.07, 6.45) is 0. The largest absolute Gasteiger partial charge is 0.399 e. The summed E-state index contributed by atoms with van der Waals surface area (Å²) >= 11 is 0. The van der Waals surface area contributed by atoms with Crippen LogP contribution in [0, 0.1) is 6.92 Å². The van der Waals surface area contributed by atoms with Crippen molar-refractivity contribution in [2.75, 3.05) is 11.1 Å². The summed E-state index contributed by atoms with van der Waals surface area (Å²) in [6.45, 7) is 1.81. The van der Waals surface area contributed by atoms with E-state index in [1.807, 2.05) is 6.92 Å². The minimum absolute atomic E-state index is 0.120. The average molecular weight is 325 g/mol. The van der Waals surface area contributed by atoms with Gasteiger partial charge in [0, 0.05) is 27.6 Å². The van der Waals surface area contributed by atoms with E-state index in [0.29, 0.717) is 11.4 Å². The van der Waals surface area contributed by atoms with Crippen LogP contribution in [0.25, 0.3) is 0 Å². The third-order valence-corrected chi connectivity index (χ3v) is 4.23. The van der Waals surface area contributed by atoms with Crippen LogP contribution in [0.1, 0.15) is 15.9 Å². The SMILES string of the molecule is Cc1cc(N)ccc1NC(=O)c1cccc(S(=O)(=O)Cl)c1. The lowest BCUT2D eigenvalue weighted by Gasteiger charge is -2.09. The molecule has 7 heteroatoms. The van der Waals surface area contributed by atoms with Crippen molar-refractivity contribution < 1.29 is 13.2 Å². The molecule has 110 valence electrons. The minimum atomic E-state index is -3.87. The molecule has 21 heavy (non-hydrogen) atoms. The van der Waals surface area contributed by atoms with E-state index in [1.54, 1.807) is 18.2 Å². The molecule has 0 fully saturated rings. The first-order valence-electron chi connectivity index (χ1n) is 5.99. The van der Waals surface area contributed by atoms with Crippen molar-refractivity contribution in [3.05, 3.63) is 53.6 Å². The molecule has 0 aliphatic heterocycles. The Hall–Kier alpha value is -2.05. The number of benzene rings is 2. The Morgan fingerprint density at radius 3 is 2.52 bits per heavy atom. The van der Waals surface area contributed by atoms with E-state index < -0.39 is 15.0 Å². The van der Waals surface area contributed by atoms with Gasteiger partial charge < -0.3 is 11.1 Å². The second-order valence-electron chi connectivity index (χ2n) is 4.49. The van der Waals surface area contributed by atoms with Crippen molar-refractivity contribution in [1.82, 2.24) is 0 Å². The summed E-state index contributed by atoms with van der Waals surface area (Å²) in [4.78, 5) is 12.0. The van der Waals surface area contributed by atoms with Crippen LogP contribution in [0.2, 0.25) is 0 Å². The highest BCUT2D eigenvalue weighted by atomic mass is 35.7. The van der Waals surface area contributed by atoms with E-state index in [1.165, 1.54) is 24.3 Å². The molecule has 0 bridgehead atoms. The van der Waals surface area contributed by atoms with Gasteiger partial charge in [-0.2, -0.15) is 0 Å². The Bertz CT molecular complexity index is 804. The second-order valence-corrected chi connectivity index (χ2v) is 7.06. The van der Waals surface area contributed by atoms with Gasteiger partial charge in [-0.15, -0.1) is 0 Å². The van der Waals surface area contributed by atoms with Gasteiger partial charge in [-0.05, 0) is 48.9 Å². The smallest absolute Gasteiger partial charge is 0.261 e. The van der Waals surface area contributed by atoms with Crippen LogP contribution in [0.3, 0.4) is 0 Å². The molecular weight excluding hydrogens is 312 g/mol. The quantitative estimate of drug-likeness (QED) is 0.671. The lowest BCUT2D eigenvalue weighted by molar-refractivity contribution is 0.102. The molecule has 1 amide bonds. The highest BCUT2D eigenvalue weighted by Crippen LogP contribution is 2.20. The zero-order valence-corrected chi connectivity index (χ0v) is 12.7. The average Bonchev–Trinajstić information content (AvgIpc) is 2.41. The Kier molecular flexibility index (Phi) is 4.20. The van der Waals surface area contributed by atoms with Gasteiger partial charge in [0.2, 0.25) is 0 Å². The molecule has 0 aliphatic carbocycles. The van der Waals surface area contributed by atoms with Crippen molar-refractivity contribution in [2.45, 2.75) is 11.8 Å². The van der Waals surface area contributed by atoms with Crippen molar-refractivity contribution in [2.24, 2.45) is 0 Å². The lowest BCUT2D eigenvalue weighted by Crippen LogP contribution is -2.13. The van der Waals surface area contributed by atoms with E-state index >= 15 is 0 Å². The number of amides is 1. The van der Waals surface area contributed by atoms with E-state index in [9.17, 15) is 13.2 Å². The maximum atomic E-state index is 12.2. The highest BCUT2D eigenvalue weighted by molar-refractivity contribution is 8.13. The number of aryl methyl sites for hydroxylation is 1. The fourth-order valence-electron chi connectivity index (χ4n) is 1.81. The Morgan fingerprint density at radius 2 is 1.90 bits per heavy atom. The molecule has 5 nitrogen and oxygen atoms in total. The standard InChI is InChI=1S/C14H13ClN2O3S/c1-9-7-11(16)5-6-13(9)17-14(18)10-3-2-4-12(8-10)21(15,19)20/h2-8H,16H2,1H3,(H,17,18). The van der Waals surface area contributed by atoms with E-state index in [-0.39, 0.29) is 10.5 Å². The fourth-order valence-corrected chi connectivity index (χ4v) is 2.61. The van der Waals surface area contributed by atoms with Crippen LogP contribution in [0.15, 0.2) is 47.4 Å². The molecular formula is C14H13ClN2O3S. The van der Waals surface area contributed by atoms with Gasteiger partial charge in [0.25, 0.3) is 15.0 Å². The third-order valence-electron chi connectivity index (χ3n) is 2.88. The first-order chi connectivity index (χ1) is 9.77. The zero-order chi connectivity index (χ0) is 15.6. The molecule has 0 radical (unpaired) electrons. The Labute approximate surface area is 127 Å². The zero-order valence-electron chi connectivity index (χ0n) is 11.1. The predicted molar refractivity (Wildman–Crippen MR) is 83.0 cm³/mol. The number of rotatable bonds is 3. The maximum Gasteiger partial charge on any atom is 0.261 e. The van der Waals surface area contributed by atoms with Crippen LogP contribution >= 0.6 is 10.7 Å². The molecule has 0 aliphatic rings. The summed E-state index contributed by atoms with van der Waals surface area (Å²) in [5.41, 5.74) is 7.86. The van der Waals surface area contributed by atoms with Crippen molar-refractivity contribution in [3.63, 3.8) is 0 Å². The van der Waals surface area contributed by atoms with E-state index in [2.05, 4.69) is 5.32 Å². The molecule has 2 aromatic carbocycles. The molecule has 0 saturated heterocycles. The third kappa shape index (κ3) is 3.74. The first kappa shape index (κ1) is 15.3. The molecule has 2 rings (SSSR count). The number of nitrogen functional groups attached to an aromatic ring is 1. The van der Waals surface area contributed by atoms with Crippen LogP contribution in [0.5, 0.6) is 0 Å². The van der Waals surface area contributed by atoms with Gasteiger partial charge >= 0.3 is 0 Å². The topological polar surface area (TPSA) is 89.3 Å².